The number of rotatable bonds is 5. The van der Waals surface area contributed by atoms with Crippen LogP contribution in [-0.4, -0.2) is 17.3 Å². The number of aromatic nitrogens is 2. The first-order valence-electron chi connectivity index (χ1n) is 5.76. The van der Waals surface area contributed by atoms with Crippen LogP contribution in [-0.2, 0) is 12.8 Å². The van der Waals surface area contributed by atoms with Gasteiger partial charge in [0.1, 0.15) is 5.75 Å². The SMILES string of the molecule is CCCc1nc(Cc2ccc(OC)cc2)no1. The number of hydrogen-bond donors (Lipinski definition) is 0. The van der Waals surface area contributed by atoms with Gasteiger partial charge in [0.2, 0.25) is 5.89 Å². The van der Waals surface area contributed by atoms with Crippen molar-refractivity contribution in [3.8, 4) is 5.75 Å². The van der Waals surface area contributed by atoms with E-state index in [1.165, 1.54) is 0 Å². The van der Waals surface area contributed by atoms with Crippen molar-refractivity contribution in [3.05, 3.63) is 41.5 Å². The minimum atomic E-state index is 0.692. The Bertz CT molecular complexity index is 463. The van der Waals surface area contributed by atoms with Gasteiger partial charge in [-0.25, -0.2) is 0 Å². The third kappa shape index (κ3) is 3.06. The first kappa shape index (κ1) is 11.6. The lowest BCUT2D eigenvalue weighted by atomic mass is 10.1. The third-order valence-electron chi connectivity index (χ3n) is 2.50. The molecule has 0 saturated carbocycles. The molecule has 0 atom stereocenters. The van der Waals surface area contributed by atoms with E-state index in [1.807, 2.05) is 24.3 Å². The Hall–Kier alpha value is -1.84. The predicted octanol–water partition coefficient (Wildman–Crippen LogP) is 2.62. The van der Waals surface area contributed by atoms with Gasteiger partial charge < -0.3 is 9.26 Å². The summed E-state index contributed by atoms with van der Waals surface area (Å²) >= 11 is 0. The number of aryl methyl sites for hydroxylation is 1. The van der Waals surface area contributed by atoms with Gasteiger partial charge in [0.05, 0.1) is 7.11 Å². The maximum atomic E-state index is 5.14. The minimum absolute atomic E-state index is 0.692. The van der Waals surface area contributed by atoms with Crippen molar-refractivity contribution in [1.82, 2.24) is 10.1 Å². The van der Waals surface area contributed by atoms with Gasteiger partial charge >= 0.3 is 0 Å². The summed E-state index contributed by atoms with van der Waals surface area (Å²) in [4.78, 5) is 4.33. The van der Waals surface area contributed by atoms with E-state index in [2.05, 4.69) is 17.1 Å². The van der Waals surface area contributed by atoms with E-state index in [4.69, 9.17) is 9.26 Å². The molecular weight excluding hydrogens is 216 g/mol. The van der Waals surface area contributed by atoms with Crippen molar-refractivity contribution < 1.29 is 9.26 Å². The molecule has 1 aromatic heterocycles. The van der Waals surface area contributed by atoms with Gasteiger partial charge in [0, 0.05) is 12.8 Å². The van der Waals surface area contributed by atoms with Gasteiger partial charge in [-0.15, -0.1) is 0 Å². The lowest BCUT2D eigenvalue weighted by Crippen LogP contribution is -1.92. The van der Waals surface area contributed by atoms with E-state index in [9.17, 15) is 0 Å². The zero-order chi connectivity index (χ0) is 12.1. The summed E-state index contributed by atoms with van der Waals surface area (Å²) in [5.41, 5.74) is 1.15. The van der Waals surface area contributed by atoms with Crippen LogP contribution in [0.4, 0.5) is 0 Å². The second-order valence-electron chi connectivity index (χ2n) is 3.88. The smallest absolute Gasteiger partial charge is 0.226 e. The standard InChI is InChI=1S/C13H16N2O2/c1-3-4-13-14-12(15-17-13)9-10-5-7-11(16-2)8-6-10/h5-8H,3-4,9H2,1-2H3. The normalized spacial score (nSPS) is 10.5. The van der Waals surface area contributed by atoms with E-state index >= 15 is 0 Å². The van der Waals surface area contributed by atoms with Gasteiger partial charge in [-0.2, -0.15) is 4.98 Å². The van der Waals surface area contributed by atoms with Crippen molar-refractivity contribution in [2.45, 2.75) is 26.2 Å². The van der Waals surface area contributed by atoms with Crippen LogP contribution >= 0.6 is 0 Å². The zero-order valence-electron chi connectivity index (χ0n) is 10.1. The van der Waals surface area contributed by atoms with E-state index in [0.717, 1.165) is 35.9 Å². The van der Waals surface area contributed by atoms with Crippen LogP contribution in [0.2, 0.25) is 0 Å². The molecule has 0 bridgehead atoms. The molecule has 4 heteroatoms. The molecular formula is C13H16N2O2. The molecule has 0 aliphatic heterocycles. The van der Waals surface area contributed by atoms with Crippen LogP contribution in [0, 0.1) is 0 Å². The summed E-state index contributed by atoms with van der Waals surface area (Å²) in [6.45, 7) is 2.09. The molecule has 0 saturated heterocycles. The first-order valence-corrected chi connectivity index (χ1v) is 5.76. The quantitative estimate of drug-likeness (QED) is 0.795. The first-order chi connectivity index (χ1) is 8.31. The van der Waals surface area contributed by atoms with E-state index in [0.29, 0.717) is 6.42 Å². The average molecular weight is 232 g/mol. The number of hydrogen-bond acceptors (Lipinski definition) is 4. The van der Waals surface area contributed by atoms with Crippen molar-refractivity contribution in [2.24, 2.45) is 0 Å². The predicted molar refractivity (Wildman–Crippen MR) is 64.1 cm³/mol. The molecule has 0 aliphatic carbocycles. The largest absolute Gasteiger partial charge is 0.497 e. The Kier molecular flexibility index (Phi) is 3.75. The topological polar surface area (TPSA) is 48.2 Å². The second-order valence-corrected chi connectivity index (χ2v) is 3.88. The summed E-state index contributed by atoms with van der Waals surface area (Å²) in [6.07, 6.45) is 2.55. The number of methoxy groups -OCH3 is 1. The molecule has 0 radical (unpaired) electrons. The Labute approximate surface area is 101 Å². The van der Waals surface area contributed by atoms with Crippen LogP contribution in [0.15, 0.2) is 28.8 Å². The molecule has 0 spiro atoms. The Morgan fingerprint density at radius 1 is 1.24 bits per heavy atom. The monoisotopic (exact) mass is 232 g/mol. The number of nitrogens with zero attached hydrogens (tertiary/aromatic N) is 2. The molecule has 90 valence electrons. The van der Waals surface area contributed by atoms with Gasteiger partial charge in [-0.1, -0.05) is 24.2 Å². The lowest BCUT2D eigenvalue weighted by Gasteiger charge is -2.00. The maximum Gasteiger partial charge on any atom is 0.226 e. The molecule has 2 aromatic rings. The molecule has 0 aliphatic rings. The van der Waals surface area contributed by atoms with Crippen LogP contribution in [0.5, 0.6) is 5.75 Å². The number of ether oxygens (including phenoxy) is 1. The van der Waals surface area contributed by atoms with Gasteiger partial charge in [0.15, 0.2) is 5.82 Å². The van der Waals surface area contributed by atoms with Crippen molar-refractivity contribution in [1.29, 1.82) is 0 Å². The zero-order valence-corrected chi connectivity index (χ0v) is 10.1. The summed E-state index contributed by atoms with van der Waals surface area (Å²) < 4.78 is 10.2. The number of benzene rings is 1. The maximum absolute atomic E-state index is 5.14. The molecule has 1 aromatic carbocycles. The fourth-order valence-electron chi connectivity index (χ4n) is 1.60. The van der Waals surface area contributed by atoms with Crippen LogP contribution in [0.1, 0.15) is 30.6 Å². The molecule has 0 N–H and O–H groups in total. The molecule has 2 rings (SSSR count). The van der Waals surface area contributed by atoms with E-state index < -0.39 is 0 Å². The lowest BCUT2D eigenvalue weighted by molar-refractivity contribution is 0.373. The highest BCUT2D eigenvalue weighted by Gasteiger charge is 2.06. The van der Waals surface area contributed by atoms with Crippen molar-refractivity contribution in [3.63, 3.8) is 0 Å². The fraction of sp³-hybridized carbons (Fsp3) is 0.385. The molecule has 4 nitrogen and oxygen atoms in total. The highest BCUT2D eigenvalue weighted by Crippen LogP contribution is 2.13. The second kappa shape index (κ2) is 5.48. The highest BCUT2D eigenvalue weighted by atomic mass is 16.5. The van der Waals surface area contributed by atoms with Gasteiger partial charge in [0.25, 0.3) is 0 Å². The summed E-state index contributed by atoms with van der Waals surface area (Å²) in [6, 6.07) is 7.88. The molecule has 0 fully saturated rings. The molecule has 1 heterocycles. The van der Waals surface area contributed by atoms with Crippen LogP contribution in [0.25, 0.3) is 0 Å². The van der Waals surface area contributed by atoms with Crippen molar-refractivity contribution >= 4 is 0 Å². The Morgan fingerprint density at radius 2 is 2.00 bits per heavy atom. The fourth-order valence-corrected chi connectivity index (χ4v) is 1.60. The Morgan fingerprint density at radius 3 is 2.65 bits per heavy atom. The Balaban J connectivity index is 2.03. The highest BCUT2D eigenvalue weighted by molar-refractivity contribution is 5.28. The minimum Gasteiger partial charge on any atom is -0.497 e. The molecule has 17 heavy (non-hydrogen) atoms. The molecule has 0 amide bonds. The van der Waals surface area contributed by atoms with Gasteiger partial charge in [-0.05, 0) is 24.1 Å². The average Bonchev–Trinajstić information content (AvgIpc) is 2.78. The van der Waals surface area contributed by atoms with Crippen molar-refractivity contribution in [2.75, 3.05) is 7.11 Å². The summed E-state index contributed by atoms with van der Waals surface area (Å²) in [7, 11) is 1.66. The van der Waals surface area contributed by atoms with E-state index in [-0.39, 0.29) is 0 Å². The summed E-state index contributed by atoms with van der Waals surface area (Å²) in [5, 5.41) is 3.96. The summed E-state index contributed by atoms with van der Waals surface area (Å²) in [5.74, 6) is 2.31. The molecule has 0 unspecified atom stereocenters. The third-order valence-corrected chi connectivity index (χ3v) is 2.50. The van der Waals surface area contributed by atoms with Gasteiger partial charge in [-0.3, -0.25) is 0 Å². The van der Waals surface area contributed by atoms with E-state index in [1.54, 1.807) is 7.11 Å². The van der Waals surface area contributed by atoms with Crippen LogP contribution in [0.3, 0.4) is 0 Å². The van der Waals surface area contributed by atoms with Crippen LogP contribution < -0.4 is 4.74 Å².